The number of carbonyl (C=O) groups is 3. The number of ether oxygens (including phenoxy) is 2. The lowest BCUT2D eigenvalue weighted by Gasteiger charge is -2.22. The van der Waals surface area contributed by atoms with Crippen LogP contribution in [0.3, 0.4) is 0 Å². The summed E-state index contributed by atoms with van der Waals surface area (Å²) in [6, 6.07) is 0. The molecule has 16 heavy (non-hydrogen) atoms. The molecule has 0 aliphatic heterocycles. The quantitative estimate of drug-likeness (QED) is 0.571. The van der Waals surface area contributed by atoms with Crippen LogP contribution in [0.4, 0.5) is 4.79 Å². The van der Waals surface area contributed by atoms with Crippen molar-refractivity contribution in [3.63, 3.8) is 0 Å². The summed E-state index contributed by atoms with van der Waals surface area (Å²) in [4.78, 5) is 33.5. The molecule has 0 aromatic carbocycles. The van der Waals surface area contributed by atoms with E-state index in [1.165, 1.54) is 0 Å². The Morgan fingerprint density at radius 1 is 1.12 bits per heavy atom. The summed E-state index contributed by atoms with van der Waals surface area (Å²) in [7, 11) is 0. The highest BCUT2D eigenvalue weighted by Crippen LogP contribution is 2.28. The second kappa shape index (κ2) is 6.09. The monoisotopic (exact) mass is 232 g/mol. The fourth-order valence-corrected chi connectivity index (χ4v) is 1.25. The topological polar surface area (TPSA) is 89.9 Å². The second-order valence-electron chi connectivity index (χ2n) is 3.17. The van der Waals surface area contributed by atoms with Gasteiger partial charge in [0.2, 0.25) is 0 Å². The van der Waals surface area contributed by atoms with Crippen LogP contribution in [0.25, 0.3) is 0 Å². The van der Waals surface area contributed by atoms with Crippen LogP contribution in [-0.4, -0.2) is 29.8 Å². The van der Waals surface area contributed by atoms with Gasteiger partial charge in [-0.2, -0.15) is 0 Å². The Labute approximate surface area is 93.5 Å². The number of hydrogen-bond donors (Lipinski definition) is 1. The van der Waals surface area contributed by atoms with Crippen molar-refractivity contribution in [1.82, 2.24) is 0 Å². The average Bonchev–Trinajstić information content (AvgIpc) is 2.19. The third kappa shape index (κ3) is 2.95. The Balaban J connectivity index is 4.76. The zero-order chi connectivity index (χ0) is 12.8. The SMILES string of the molecule is CCOC(=O)OC(=O)C(CC)(CC)C(=O)O. The molecule has 6 heteroatoms. The molecule has 0 aromatic rings. The van der Waals surface area contributed by atoms with Crippen LogP contribution in [0.1, 0.15) is 33.6 Å². The molecule has 0 aliphatic carbocycles. The minimum Gasteiger partial charge on any atom is -0.480 e. The van der Waals surface area contributed by atoms with Gasteiger partial charge < -0.3 is 14.6 Å². The lowest BCUT2D eigenvalue weighted by atomic mass is 9.82. The molecule has 6 nitrogen and oxygen atoms in total. The second-order valence-corrected chi connectivity index (χ2v) is 3.17. The average molecular weight is 232 g/mol. The van der Waals surface area contributed by atoms with E-state index in [4.69, 9.17) is 5.11 Å². The largest absolute Gasteiger partial charge is 0.516 e. The van der Waals surface area contributed by atoms with Crippen molar-refractivity contribution in [2.75, 3.05) is 6.61 Å². The van der Waals surface area contributed by atoms with E-state index < -0.39 is 23.5 Å². The number of carboxylic acids is 1. The van der Waals surface area contributed by atoms with Crippen molar-refractivity contribution >= 4 is 18.1 Å². The van der Waals surface area contributed by atoms with E-state index in [0.717, 1.165) is 0 Å². The molecular weight excluding hydrogens is 216 g/mol. The summed E-state index contributed by atoms with van der Waals surface area (Å²) >= 11 is 0. The van der Waals surface area contributed by atoms with Crippen LogP contribution in [0.5, 0.6) is 0 Å². The Morgan fingerprint density at radius 3 is 1.94 bits per heavy atom. The first-order chi connectivity index (χ1) is 7.44. The van der Waals surface area contributed by atoms with Gasteiger partial charge in [0.15, 0.2) is 5.41 Å². The molecule has 0 aromatic heterocycles. The molecule has 0 amide bonds. The summed E-state index contributed by atoms with van der Waals surface area (Å²) in [5.74, 6) is -2.38. The van der Waals surface area contributed by atoms with Gasteiger partial charge in [0, 0.05) is 0 Å². The molecule has 1 N–H and O–H groups in total. The van der Waals surface area contributed by atoms with Crippen molar-refractivity contribution in [1.29, 1.82) is 0 Å². The summed E-state index contributed by atoms with van der Waals surface area (Å²) in [5.41, 5.74) is -1.67. The van der Waals surface area contributed by atoms with Crippen molar-refractivity contribution in [3.05, 3.63) is 0 Å². The molecule has 0 aliphatic rings. The molecule has 0 radical (unpaired) electrons. The number of aliphatic carboxylic acids is 1. The van der Waals surface area contributed by atoms with Gasteiger partial charge in [0.25, 0.3) is 0 Å². The standard InChI is InChI=1S/C10H16O6/c1-4-10(5-2,7(11)12)8(13)16-9(14)15-6-3/h4-6H2,1-3H3,(H,11,12). The Hall–Kier alpha value is -1.59. The van der Waals surface area contributed by atoms with E-state index >= 15 is 0 Å². The lowest BCUT2D eigenvalue weighted by molar-refractivity contribution is -0.166. The van der Waals surface area contributed by atoms with E-state index in [2.05, 4.69) is 9.47 Å². The van der Waals surface area contributed by atoms with Crippen molar-refractivity contribution in [2.45, 2.75) is 33.6 Å². The van der Waals surface area contributed by atoms with E-state index in [0.29, 0.717) is 0 Å². The molecule has 0 saturated carbocycles. The predicted octanol–water partition coefficient (Wildman–Crippen LogP) is 1.58. The van der Waals surface area contributed by atoms with Crippen LogP contribution in [0.2, 0.25) is 0 Å². The fraction of sp³-hybridized carbons (Fsp3) is 0.700. The van der Waals surface area contributed by atoms with Crippen molar-refractivity contribution < 1.29 is 29.0 Å². The third-order valence-corrected chi connectivity index (χ3v) is 2.45. The molecule has 0 rings (SSSR count). The van der Waals surface area contributed by atoms with Crippen LogP contribution in [0, 0.1) is 5.41 Å². The number of carbonyl (C=O) groups excluding carboxylic acids is 2. The van der Waals surface area contributed by atoms with Gasteiger partial charge in [-0.25, -0.2) is 4.79 Å². The normalized spacial score (nSPS) is 10.7. The summed E-state index contributed by atoms with van der Waals surface area (Å²) in [6.07, 6.45) is -1.06. The fourth-order valence-electron chi connectivity index (χ4n) is 1.25. The summed E-state index contributed by atoms with van der Waals surface area (Å²) in [5, 5.41) is 8.98. The van der Waals surface area contributed by atoms with Gasteiger partial charge >= 0.3 is 18.1 Å². The zero-order valence-electron chi connectivity index (χ0n) is 9.61. The Morgan fingerprint density at radius 2 is 1.62 bits per heavy atom. The van der Waals surface area contributed by atoms with Crippen LogP contribution in [0.15, 0.2) is 0 Å². The highest BCUT2D eigenvalue weighted by Gasteiger charge is 2.45. The highest BCUT2D eigenvalue weighted by molar-refractivity contribution is 6.01. The summed E-state index contributed by atoms with van der Waals surface area (Å²) in [6.45, 7) is 4.70. The number of rotatable bonds is 5. The van der Waals surface area contributed by atoms with Gasteiger partial charge in [-0.1, -0.05) is 13.8 Å². The van der Waals surface area contributed by atoms with E-state index in [9.17, 15) is 14.4 Å². The summed E-state index contributed by atoms with van der Waals surface area (Å²) < 4.78 is 8.72. The maximum atomic E-state index is 11.6. The first-order valence-corrected chi connectivity index (χ1v) is 5.07. The van der Waals surface area contributed by atoms with Crippen molar-refractivity contribution in [3.8, 4) is 0 Å². The molecule has 0 unspecified atom stereocenters. The molecule has 0 atom stereocenters. The third-order valence-electron chi connectivity index (χ3n) is 2.45. The van der Waals surface area contributed by atoms with Crippen LogP contribution in [-0.2, 0) is 19.1 Å². The maximum absolute atomic E-state index is 11.6. The van der Waals surface area contributed by atoms with Gasteiger partial charge in [-0.3, -0.25) is 9.59 Å². The molecule has 0 bridgehead atoms. The first kappa shape index (κ1) is 14.4. The molecule has 0 spiro atoms. The first-order valence-electron chi connectivity index (χ1n) is 5.07. The number of carboxylic acid groups (broad SMARTS) is 1. The molecule has 92 valence electrons. The van der Waals surface area contributed by atoms with Crippen molar-refractivity contribution in [2.24, 2.45) is 5.41 Å². The minimum atomic E-state index is -1.67. The zero-order valence-corrected chi connectivity index (χ0v) is 9.61. The highest BCUT2D eigenvalue weighted by atomic mass is 16.7. The Bertz CT molecular complexity index is 279. The molecular formula is C10H16O6. The minimum absolute atomic E-state index is 0.0527. The van der Waals surface area contributed by atoms with Gasteiger partial charge in [0.05, 0.1) is 6.61 Å². The lowest BCUT2D eigenvalue weighted by Crippen LogP contribution is -2.40. The van der Waals surface area contributed by atoms with Crippen LogP contribution >= 0.6 is 0 Å². The predicted molar refractivity (Wildman–Crippen MR) is 53.8 cm³/mol. The smallest absolute Gasteiger partial charge is 0.480 e. The molecule has 0 fully saturated rings. The number of hydrogen-bond acceptors (Lipinski definition) is 5. The van der Waals surface area contributed by atoms with E-state index in [-0.39, 0.29) is 19.4 Å². The van der Waals surface area contributed by atoms with E-state index in [1.54, 1.807) is 20.8 Å². The van der Waals surface area contributed by atoms with Gasteiger partial charge in [0.1, 0.15) is 0 Å². The van der Waals surface area contributed by atoms with E-state index in [1.807, 2.05) is 0 Å². The van der Waals surface area contributed by atoms with Gasteiger partial charge in [-0.05, 0) is 19.8 Å². The Kier molecular flexibility index (Phi) is 5.49. The maximum Gasteiger partial charge on any atom is 0.516 e. The van der Waals surface area contributed by atoms with Crippen LogP contribution < -0.4 is 0 Å². The molecule has 0 heterocycles. The molecule has 0 saturated heterocycles. The van der Waals surface area contributed by atoms with Gasteiger partial charge in [-0.15, -0.1) is 0 Å². The number of esters is 1.